The second kappa shape index (κ2) is 30.4. The molecule has 0 unspecified atom stereocenters. The van der Waals surface area contributed by atoms with Gasteiger partial charge in [0.15, 0.2) is 0 Å². The maximum atomic E-state index is 8.89. The Morgan fingerprint density at radius 2 is 1.10 bits per heavy atom. The quantitative estimate of drug-likeness (QED) is 0.218. The lowest BCUT2D eigenvalue weighted by Gasteiger charge is -2.25. The molecule has 0 spiro atoms. The van der Waals surface area contributed by atoms with Crippen LogP contribution >= 0.6 is 15.9 Å². The molecule has 0 fully saturated rings. The number of aliphatic hydroxyl groups excluding tert-OH is 2. The fourth-order valence-corrected chi connectivity index (χ4v) is 3.16. The predicted octanol–water partition coefficient (Wildman–Crippen LogP) is 2.73. The third kappa shape index (κ3) is 28.2. The second-order valence-corrected chi connectivity index (χ2v) is 7.57. The molecule has 0 aromatic rings. The molecule has 0 saturated heterocycles. The van der Waals surface area contributed by atoms with Crippen molar-refractivity contribution in [2.75, 3.05) is 90.5 Å². The van der Waals surface area contributed by atoms with E-state index in [1.807, 2.05) is 0 Å². The topological polar surface area (TPSA) is 62.2 Å². The summed E-state index contributed by atoms with van der Waals surface area (Å²) < 4.78 is 0. The molecule has 0 aromatic carbocycles. The van der Waals surface area contributed by atoms with Crippen molar-refractivity contribution in [1.82, 2.24) is 20.0 Å². The summed E-state index contributed by atoms with van der Waals surface area (Å²) in [5.41, 5.74) is 0. The molecular formula is C22H53BrN4O2. The van der Waals surface area contributed by atoms with E-state index >= 15 is 0 Å². The normalized spacial score (nSPS) is 10.8. The summed E-state index contributed by atoms with van der Waals surface area (Å²) in [7, 11) is 0. The van der Waals surface area contributed by atoms with Gasteiger partial charge in [0.2, 0.25) is 0 Å². The van der Waals surface area contributed by atoms with E-state index in [0.29, 0.717) is 0 Å². The van der Waals surface area contributed by atoms with E-state index in [1.54, 1.807) is 0 Å². The first-order valence-corrected chi connectivity index (χ1v) is 12.8. The first kappa shape index (κ1) is 33.9. The lowest BCUT2D eigenvalue weighted by Crippen LogP contribution is -2.36. The number of likely N-dealkylation sites (N-methyl/N-ethyl adjacent to an activating group) is 1. The Bertz CT molecular complexity index is 259. The molecule has 180 valence electrons. The number of rotatable bonds is 17. The van der Waals surface area contributed by atoms with E-state index < -0.39 is 0 Å². The summed E-state index contributed by atoms with van der Waals surface area (Å²) in [6.07, 6.45) is 2.30. The zero-order valence-electron chi connectivity index (χ0n) is 20.4. The third-order valence-corrected chi connectivity index (χ3v) is 4.95. The fourth-order valence-electron chi connectivity index (χ4n) is 2.66. The van der Waals surface area contributed by atoms with E-state index in [9.17, 15) is 0 Å². The predicted molar refractivity (Wildman–Crippen MR) is 133 cm³/mol. The van der Waals surface area contributed by atoms with Crippen LogP contribution in [0.25, 0.3) is 0 Å². The van der Waals surface area contributed by atoms with Gasteiger partial charge in [-0.1, -0.05) is 57.5 Å². The lowest BCUT2D eigenvalue weighted by atomic mass is 10.3. The SMILES string of the molecule is CCCN(CCO)CCN(CC)CC.CCCNCCO.CCN(CC)CCBr. The Morgan fingerprint density at radius 1 is 0.586 bits per heavy atom. The average Bonchev–Trinajstić information content (AvgIpc) is 2.74. The summed E-state index contributed by atoms with van der Waals surface area (Å²) in [6.45, 7) is 25.2. The van der Waals surface area contributed by atoms with E-state index in [0.717, 1.165) is 70.5 Å². The Kier molecular flexibility index (Phi) is 35.5. The van der Waals surface area contributed by atoms with Crippen LogP contribution in [0.15, 0.2) is 0 Å². The molecule has 0 heterocycles. The molecule has 0 amide bonds. The molecular weight excluding hydrogens is 432 g/mol. The monoisotopic (exact) mass is 484 g/mol. The summed E-state index contributed by atoms with van der Waals surface area (Å²) in [5.74, 6) is 0. The number of nitrogens with zero attached hydrogens (tertiary/aromatic N) is 3. The van der Waals surface area contributed by atoms with Crippen molar-refractivity contribution >= 4 is 15.9 Å². The maximum Gasteiger partial charge on any atom is 0.0558 e. The van der Waals surface area contributed by atoms with E-state index in [1.165, 1.54) is 19.6 Å². The Labute approximate surface area is 191 Å². The van der Waals surface area contributed by atoms with Gasteiger partial charge in [-0.15, -0.1) is 0 Å². The first-order chi connectivity index (χ1) is 14.0. The van der Waals surface area contributed by atoms with Crippen LogP contribution in [0, 0.1) is 0 Å². The Morgan fingerprint density at radius 3 is 1.45 bits per heavy atom. The molecule has 0 radical (unpaired) electrons. The molecule has 3 N–H and O–H groups in total. The average molecular weight is 486 g/mol. The number of nitrogens with one attached hydrogen (secondary N) is 1. The van der Waals surface area contributed by atoms with Gasteiger partial charge in [-0.3, -0.25) is 4.90 Å². The van der Waals surface area contributed by atoms with Crippen LogP contribution in [0.4, 0.5) is 0 Å². The van der Waals surface area contributed by atoms with E-state index in [4.69, 9.17) is 10.2 Å². The number of aliphatic hydroxyl groups is 2. The van der Waals surface area contributed by atoms with Crippen LogP contribution in [0.3, 0.4) is 0 Å². The highest BCUT2D eigenvalue weighted by Gasteiger charge is 2.05. The maximum absolute atomic E-state index is 8.89. The smallest absolute Gasteiger partial charge is 0.0558 e. The van der Waals surface area contributed by atoms with Crippen LogP contribution in [-0.4, -0.2) is 115 Å². The molecule has 6 nitrogen and oxygen atoms in total. The van der Waals surface area contributed by atoms with Crippen molar-refractivity contribution in [3.05, 3.63) is 0 Å². The van der Waals surface area contributed by atoms with Gasteiger partial charge in [-0.25, -0.2) is 0 Å². The van der Waals surface area contributed by atoms with E-state index in [2.05, 4.69) is 77.5 Å². The minimum absolute atomic E-state index is 0.250. The van der Waals surface area contributed by atoms with Gasteiger partial charge >= 0.3 is 0 Å². The van der Waals surface area contributed by atoms with Crippen molar-refractivity contribution < 1.29 is 10.2 Å². The molecule has 0 aliphatic heterocycles. The zero-order chi connectivity index (χ0) is 22.8. The van der Waals surface area contributed by atoms with Gasteiger partial charge in [-0.2, -0.15) is 0 Å². The molecule has 0 saturated carbocycles. The first-order valence-electron chi connectivity index (χ1n) is 11.7. The van der Waals surface area contributed by atoms with Crippen molar-refractivity contribution in [3.63, 3.8) is 0 Å². The van der Waals surface area contributed by atoms with Crippen molar-refractivity contribution in [3.8, 4) is 0 Å². The molecule has 29 heavy (non-hydrogen) atoms. The van der Waals surface area contributed by atoms with Crippen LogP contribution in [0.2, 0.25) is 0 Å². The molecule has 7 heteroatoms. The highest BCUT2D eigenvalue weighted by Crippen LogP contribution is 1.93. The number of halogens is 1. The summed E-state index contributed by atoms with van der Waals surface area (Å²) in [5, 5.41) is 21.2. The molecule has 0 rings (SSSR count). The summed E-state index contributed by atoms with van der Waals surface area (Å²) >= 11 is 3.39. The van der Waals surface area contributed by atoms with Crippen molar-refractivity contribution in [2.45, 2.75) is 54.4 Å². The lowest BCUT2D eigenvalue weighted by molar-refractivity contribution is 0.173. The molecule has 0 aromatic heterocycles. The summed E-state index contributed by atoms with van der Waals surface area (Å²) in [4.78, 5) is 7.13. The summed E-state index contributed by atoms with van der Waals surface area (Å²) in [6, 6.07) is 0. The van der Waals surface area contributed by atoms with Gasteiger partial charge in [0.25, 0.3) is 0 Å². The van der Waals surface area contributed by atoms with E-state index in [-0.39, 0.29) is 13.2 Å². The third-order valence-electron chi connectivity index (χ3n) is 4.59. The van der Waals surface area contributed by atoms with Gasteiger partial charge in [0.05, 0.1) is 13.2 Å². The van der Waals surface area contributed by atoms with Gasteiger partial charge in [-0.05, 0) is 52.1 Å². The second-order valence-electron chi connectivity index (χ2n) is 6.78. The molecule has 0 bridgehead atoms. The fraction of sp³-hybridized carbons (Fsp3) is 1.00. The van der Waals surface area contributed by atoms with Crippen LogP contribution in [-0.2, 0) is 0 Å². The number of alkyl halides is 1. The highest BCUT2D eigenvalue weighted by atomic mass is 79.9. The van der Waals surface area contributed by atoms with Crippen LogP contribution in [0.5, 0.6) is 0 Å². The number of hydrogen-bond donors (Lipinski definition) is 3. The number of hydrogen-bond acceptors (Lipinski definition) is 6. The van der Waals surface area contributed by atoms with Crippen LogP contribution < -0.4 is 5.32 Å². The molecule has 0 aliphatic rings. The highest BCUT2D eigenvalue weighted by molar-refractivity contribution is 9.09. The zero-order valence-corrected chi connectivity index (χ0v) is 22.0. The standard InChI is InChI=1S/C11H26N2O.C6H14BrN.C5H13NO/c1-4-7-13(10-11-14)9-8-12(5-2)6-3;1-3-8(4-2)6-5-7;1-2-3-6-4-5-7/h14H,4-11H2,1-3H3;3-6H2,1-2H3;6-7H,2-5H2,1H3. The Hall–Kier alpha value is 0.240. The minimum atomic E-state index is 0.250. The van der Waals surface area contributed by atoms with Gasteiger partial charge < -0.3 is 25.3 Å². The van der Waals surface area contributed by atoms with Crippen LogP contribution in [0.1, 0.15) is 54.4 Å². The minimum Gasteiger partial charge on any atom is -0.395 e. The Balaban J connectivity index is -0.000000383. The van der Waals surface area contributed by atoms with Crippen molar-refractivity contribution in [2.24, 2.45) is 0 Å². The molecule has 0 atom stereocenters. The molecule has 0 aliphatic carbocycles. The van der Waals surface area contributed by atoms with Gasteiger partial charge in [0.1, 0.15) is 0 Å². The van der Waals surface area contributed by atoms with Gasteiger partial charge in [0, 0.05) is 38.1 Å². The van der Waals surface area contributed by atoms with Crippen molar-refractivity contribution in [1.29, 1.82) is 0 Å². The largest absolute Gasteiger partial charge is 0.395 e.